The van der Waals surface area contributed by atoms with E-state index in [1.807, 2.05) is 72.7 Å². The highest BCUT2D eigenvalue weighted by Gasteiger charge is 2.52. The number of amides is 1. The summed E-state index contributed by atoms with van der Waals surface area (Å²) in [5.41, 5.74) is 5.80. The zero-order valence-electron chi connectivity index (χ0n) is 26.3. The molecule has 0 radical (unpaired) electrons. The van der Waals surface area contributed by atoms with Crippen molar-refractivity contribution in [2.24, 2.45) is 0 Å². The highest BCUT2D eigenvalue weighted by Crippen LogP contribution is 2.41. The van der Waals surface area contributed by atoms with Gasteiger partial charge >= 0.3 is 13.2 Å². The number of hydrogen-bond donors (Lipinski definition) is 1. The molecule has 7 heteroatoms. The van der Waals surface area contributed by atoms with Crippen LogP contribution in [0.5, 0.6) is 5.75 Å². The van der Waals surface area contributed by atoms with Gasteiger partial charge in [0, 0.05) is 11.1 Å². The van der Waals surface area contributed by atoms with Crippen molar-refractivity contribution < 1.29 is 18.8 Å². The zero-order chi connectivity index (χ0) is 29.6. The summed E-state index contributed by atoms with van der Waals surface area (Å²) in [4.78, 5) is 12.7. The van der Waals surface area contributed by atoms with Gasteiger partial charge in [-0.1, -0.05) is 59.6 Å². The molecule has 0 aromatic heterocycles. The summed E-state index contributed by atoms with van der Waals surface area (Å²) in [5.74, 6) is 4.09. The van der Waals surface area contributed by atoms with E-state index in [4.69, 9.17) is 14.0 Å². The van der Waals surface area contributed by atoms with Crippen molar-refractivity contribution in [2.45, 2.75) is 123 Å². The Hall–Kier alpha value is -2.27. The fourth-order valence-corrected chi connectivity index (χ4v) is 11.0. The van der Waals surface area contributed by atoms with E-state index < -0.39 is 38.0 Å². The van der Waals surface area contributed by atoms with E-state index in [1.165, 1.54) is 0 Å². The molecule has 1 aliphatic heterocycles. The van der Waals surface area contributed by atoms with Crippen LogP contribution < -0.4 is 15.5 Å². The Balaban J connectivity index is 2.24. The second-order valence-electron chi connectivity index (χ2n) is 13.9. The highest BCUT2D eigenvalue weighted by atomic mass is 28.3. The molecular formula is C32H48BNO4Si. The number of nitrogens with one attached hydrogen (secondary N) is 1. The van der Waals surface area contributed by atoms with Crippen molar-refractivity contribution in [3.8, 4) is 17.2 Å². The summed E-state index contributed by atoms with van der Waals surface area (Å²) in [7, 11) is -2.58. The van der Waals surface area contributed by atoms with Crippen molar-refractivity contribution in [3.63, 3.8) is 0 Å². The molecule has 0 aliphatic carbocycles. The van der Waals surface area contributed by atoms with E-state index in [0.29, 0.717) is 22.4 Å². The van der Waals surface area contributed by atoms with Gasteiger partial charge in [-0.05, 0) is 99.5 Å². The molecule has 2 aromatic rings. The largest absolute Gasteiger partial charge is 0.495 e. The van der Waals surface area contributed by atoms with Gasteiger partial charge in [0.1, 0.15) is 13.8 Å². The first kappa shape index (κ1) is 31.3. The average molecular weight is 550 g/mol. The van der Waals surface area contributed by atoms with Crippen LogP contribution in [0.1, 0.15) is 95.6 Å². The van der Waals surface area contributed by atoms with Gasteiger partial charge in [0.05, 0.1) is 11.2 Å². The molecule has 1 saturated heterocycles. The van der Waals surface area contributed by atoms with Crippen LogP contribution >= 0.6 is 0 Å². The second-order valence-corrected chi connectivity index (χ2v) is 19.5. The minimum Gasteiger partial charge on any atom is -0.410 e. The lowest BCUT2D eigenvalue weighted by Gasteiger charge is -2.38. The van der Waals surface area contributed by atoms with Crippen molar-refractivity contribution in [3.05, 3.63) is 35.9 Å². The molecule has 1 amide bonds. The number of benzene rings is 2. The van der Waals surface area contributed by atoms with Crippen LogP contribution in [0.4, 0.5) is 4.79 Å². The summed E-state index contributed by atoms with van der Waals surface area (Å²) in [6.07, 6.45) is -0.501. The van der Waals surface area contributed by atoms with Crippen LogP contribution in [0.2, 0.25) is 16.6 Å². The Morgan fingerprint density at radius 2 is 1.49 bits per heavy atom. The van der Waals surface area contributed by atoms with Crippen LogP contribution in [0.3, 0.4) is 0 Å². The monoisotopic (exact) mass is 549 g/mol. The molecule has 1 heterocycles. The molecule has 0 saturated carbocycles. The maximum absolute atomic E-state index is 12.7. The zero-order valence-corrected chi connectivity index (χ0v) is 27.3. The van der Waals surface area contributed by atoms with Gasteiger partial charge in [-0.15, -0.1) is 5.54 Å². The Labute approximate surface area is 237 Å². The van der Waals surface area contributed by atoms with Gasteiger partial charge in [0.15, 0.2) is 0 Å². The predicted octanol–water partition coefficient (Wildman–Crippen LogP) is 7.60. The second kappa shape index (κ2) is 11.0. The van der Waals surface area contributed by atoms with Crippen molar-refractivity contribution in [2.75, 3.05) is 0 Å². The third-order valence-corrected chi connectivity index (χ3v) is 14.7. The molecule has 0 atom stereocenters. The molecule has 0 unspecified atom stereocenters. The van der Waals surface area contributed by atoms with E-state index in [0.717, 1.165) is 21.8 Å². The number of ether oxygens (including phenoxy) is 1. The normalized spacial score (nSPS) is 17.1. The molecule has 3 rings (SSSR count). The summed E-state index contributed by atoms with van der Waals surface area (Å²) in [6.45, 7) is 27.9. The third-order valence-electron chi connectivity index (χ3n) is 8.46. The van der Waals surface area contributed by atoms with Gasteiger partial charge in [-0.2, -0.15) is 0 Å². The Morgan fingerprint density at radius 3 is 1.97 bits per heavy atom. The lowest BCUT2D eigenvalue weighted by Crippen LogP contribution is -2.43. The number of carbonyl (C=O) groups excluding carboxylic acids is 1. The van der Waals surface area contributed by atoms with Crippen molar-refractivity contribution >= 4 is 37.5 Å². The molecule has 5 nitrogen and oxygen atoms in total. The van der Waals surface area contributed by atoms with Crippen LogP contribution in [-0.2, 0) is 9.31 Å². The molecule has 1 aliphatic rings. The van der Waals surface area contributed by atoms with Gasteiger partial charge in [0.25, 0.3) is 0 Å². The molecular weight excluding hydrogens is 501 g/mol. The minimum atomic E-state index is -1.95. The van der Waals surface area contributed by atoms with E-state index in [2.05, 4.69) is 64.4 Å². The van der Waals surface area contributed by atoms with Crippen molar-refractivity contribution in [1.29, 1.82) is 0 Å². The summed E-state index contributed by atoms with van der Waals surface area (Å²) < 4.78 is 18.8. The van der Waals surface area contributed by atoms with Gasteiger partial charge in [0.2, 0.25) is 0 Å². The minimum absolute atomic E-state index is 0.412. The first-order valence-electron chi connectivity index (χ1n) is 14.3. The quantitative estimate of drug-likeness (QED) is 0.308. The topological polar surface area (TPSA) is 56.8 Å². The maximum atomic E-state index is 12.7. The number of rotatable bonds is 5. The fourth-order valence-electron chi connectivity index (χ4n) is 5.80. The maximum Gasteiger partial charge on any atom is 0.495 e. The first-order chi connectivity index (χ1) is 17.8. The molecule has 212 valence electrons. The van der Waals surface area contributed by atoms with Crippen LogP contribution in [0.25, 0.3) is 10.8 Å². The Morgan fingerprint density at radius 1 is 0.949 bits per heavy atom. The molecule has 1 fully saturated rings. The Kier molecular flexibility index (Phi) is 8.78. The van der Waals surface area contributed by atoms with Crippen molar-refractivity contribution in [1.82, 2.24) is 5.32 Å². The first-order valence-corrected chi connectivity index (χ1v) is 16.5. The number of carbonyl (C=O) groups is 1. The smallest absolute Gasteiger partial charge is 0.410 e. The summed E-state index contributed by atoms with van der Waals surface area (Å²) >= 11 is 0. The van der Waals surface area contributed by atoms with E-state index in [-0.39, 0.29) is 0 Å². The van der Waals surface area contributed by atoms with Gasteiger partial charge in [-0.3, -0.25) is 0 Å². The lowest BCUT2D eigenvalue weighted by molar-refractivity contribution is 0.00578. The van der Waals surface area contributed by atoms with E-state index in [1.54, 1.807) is 0 Å². The molecule has 0 spiro atoms. The van der Waals surface area contributed by atoms with Gasteiger partial charge < -0.3 is 19.4 Å². The van der Waals surface area contributed by atoms with E-state index in [9.17, 15) is 4.79 Å². The molecule has 2 aromatic carbocycles. The molecule has 0 bridgehead atoms. The Bertz CT molecular complexity index is 1240. The number of hydrogen-bond acceptors (Lipinski definition) is 4. The predicted molar refractivity (Wildman–Crippen MR) is 167 cm³/mol. The number of fused-ring (bicyclic) bond motifs is 1. The van der Waals surface area contributed by atoms with Crippen LogP contribution in [0.15, 0.2) is 30.3 Å². The molecule has 1 N–H and O–H groups in total. The van der Waals surface area contributed by atoms with E-state index >= 15 is 0 Å². The SMILES string of the molecule is CC(C)[Si](C#Cc1cccc2cc(OC(=O)NC(C)(C)C)cc(B3OC(C)(C)C(C)(C)O3)c12)(C(C)C)C(C)C. The summed E-state index contributed by atoms with van der Waals surface area (Å²) in [6, 6.07) is 9.90. The third kappa shape index (κ3) is 6.40. The standard InChI is InChI=1S/C32H48BNO4Si/c1-21(2)39(22(3)4,23(5)6)18-17-24-15-14-16-25-19-26(36-29(35)34-30(7,8)9)20-27(28(24)25)33-37-31(10,11)32(12,13)38-33/h14-16,19-23H,1-13H3,(H,34,35). The lowest BCUT2D eigenvalue weighted by atomic mass is 9.75. The van der Waals surface area contributed by atoms with Crippen LogP contribution in [-0.4, -0.2) is 38.0 Å². The average Bonchev–Trinajstić information content (AvgIpc) is 2.98. The highest BCUT2D eigenvalue weighted by molar-refractivity contribution is 6.90. The van der Waals surface area contributed by atoms with Gasteiger partial charge in [-0.25, -0.2) is 4.79 Å². The summed E-state index contributed by atoms with van der Waals surface area (Å²) in [5, 5.41) is 4.78. The fraction of sp³-hybridized carbons (Fsp3) is 0.594. The van der Waals surface area contributed by atoms with Crippen LogP contribution in [0, 0.1) is 11.5 Å². The molecule has 39 heavy (non-hydrogen) atoms.